The van der Waals surface area contributed by atoms with E-state index in [9.17, 15) is 0 Å². The van der Waals surface area contributed by atoms with E-state index in [-0.39, 0.29) is 6.04 Å². The minimum atomic E-state index is 0.000561. The first kappa shape index (κ1) is 13.4. The zero-order valence-corrected chi connectivity index (χ0v) is 10.7. The molecule has 0 aliphatic carbocycles. The van der Waals surface area contributed by atoms with E-state index >= 15 is 0 Å². The monoisotopic (exact) mass is 224 g/mol. The number of hydrogen-bond donors (Lipinski definition) is 1. The van der Waals surface area contributed by atoms with Gasteiger partial charge in [0.15, 0.2) is 0 Å². The van der Waals surface area contributed by atoms with Gasteiger partial charge in [-0.1, -0.05) is 0 Å². The normalized spacial score (nSPS) is 23.6. The van der Waals surface area contributed by atoms with E-state index < -0.39 is 0 Å². The Morgan fingerprint density at radius 2 is 2.31 bits per heavy atom. The van der Waals surface area contributed by atoms with Gasteiger partial charge in [0.1, 0.15) is 0 Å². The smallest absolute Gasteiger partial charge is 0.0962 e. The topological polar surface area (TPSA) is 42.3 Å². The molecule has 0 spiro atoms. The molecule has 1 heterocycles. The minimum Gasteiger partial charge on any atom is -0.308 e. The third kappa shape index (κ3) is 4.09. The van der Waals surface area contributed by atoms with Crippen molar-refractivity contribution in [3.8, 4) is 6.07 Å². The standard InChI is InChI=1S/C12H24N4/c1-14-11(9-13)6-8-16-7-4-5-12(16)10-15(2)3/h11-12,14H,4-8,10H2,1-3H3. The molecule has 0 aromatic rings. The Kier molecular flexibility index (Phi) is 5.75. The summed E-state index contributed by atoms with van der Waals surface area (Å²) in [7, 11) is 6.11. The van der Waals surface area contributed by atoms with Crippen LogP contribution in [0.15, 0.2) is 0 Å². The van der Waals surface area contributed by atoms with Gasteiger partial charge in [0.25, 0.3) is 0 Å². The second-order valence-electron chi connectivity index (χ2n) is 4.85. The zero-order valence-electron chi connectivity index (χ0n) is 10.7. The van der Waals surface area contributed by atoms with Gasteiger partial charge in [0, 0.05) is 19.1 Å². The Morgan fingerprint density at radius 3 is 2.88 bits per heavy atom. The second kappa shape index (κ2) is 6.85. The van der Waals surface area contributed by atoms with Crippen molar-refractivity contribution in [1.82, 2.24) is 15.1 Å². The zero-order chi connectivity index (χ0) is 12.0. The fourth-order valence-electron chi connectivity index (χ4n) is 2.39. The van der Waals surface area contributed by atoms with Crippen molar-refractivity contribution in [3.05, 3.63) is 0 Å². The van der Waals surface area contributed by atoms with Gasteiger partial charge in [0.05, 0.1) is 12.1 Å². The summed E-state index contributed by atoms with van der Waals surface area (Å²) in [6.07, 6.45) is 3.53. The van der Waals surface area contributed by atoms with Crippen LogP contribution in [-0.2, 0) is 0 Å². The molecule has 1 aliphatic heterocycles. The third-order valence-corrected chi connectivity index (χ3v) is 3.28. The lowest BCUT2D eigenvalue weighted by atomic mass is 10.2. The number of likely N-dealkylation sites (N-methyl/N-ethyl adjacent to an activating group) is 1. The molecule has 1 aliphatic rings. The van der Waals surface area contributed by atoms with Crippen LogP contribution in [-0.4, -0.2) is 62.7 Å². The first-order chi connectivity index (χ1) is 7.67. The highest BCUT2D eigenvalue weighted by molar-refractivity contribution is 4.90. The van der Waals surface area contributed by atoms with Crippen molar-refractivity contribution in [1.29, 1.82) is 5.26 Å². The molecule has 4 nitrogen and oxygen atoms in total. The summed E-state index contributed by atoms with van der Waals surface area (Å²) in [4.78, 5) is 4.78. The summed E-state index contributed by atoms with van der Waals surface area (Å²) in [5, 5.41) is 11.9. The molecule has 1 fully saturated rings. The van der Waals surface area contributed by atoms with Crippen molar-refractivity contribution in [2.75, 3.05) is 40.8 Å². The Balaban J connectivity index is 2.32. The Labute approximate surface area is 99.2 Å². The van der Waals surface area contributed by atoms with Gasteiger partial charge in [-0.3, -0.25) is 4.90 Å². The van der Waals surface area contributed by atoms with Crippen LogP contribution in [0.4, 0.5) is 0 Å². The van der Waals surface area contributed by atoms with Crippen molar-refractivity contribution < 1.29 is 0 Å². The molecular weight excluding hydrogens is 200 g/mol. The van der Waals surface area contributed by atoms with Crippen LogP contribution in [0.1, 0.15) is 19.3 Å². The lowest BCUT2D eigenvalue weighted by Crippen LogP contribution is -2.39. The van der Waals surface area contributed by atoms with Crippen LogP contribution in [0.25, 0.3) is 0 Å². The van der Waals surface area contributed by atoms with Crippen molar-refractivity contribution in [2.24, 2.45) is 0 Å². The van der Waals surface area contributed by atoms with Crippen LogP contribution < -0.4 is 5.32 Å². The predicted molar refractivity (Wildman–Crippen MR) is 66.2 cm³/mol. The molecule has 1 saturated heterocycles. The number of hydrogen-bond acceptors (Lipinski definition) is 4. The van der Waals surface area contributed by atoms with E-state index in [1.807, 2.05) is 7.05 Å². The summed E-state index contributed by atoms with van der Waals surface area (Å²) < 4.78 is 0. The maximum atomic E-state index is 8.87. The minimum absolute atomic E-state index is 0.000561. The van der Waals surface area contributed by atoms with E-state index in [0.717, 1.165) is 19.5 Å². The highest BCUT2D eigenvalue weighted by Gasteiger charge is 2.24. The van der Waals surface area contributed by atoms with Gasteiger partial charge < -0.3 is 10.2 Å². The summed E-state index contributed by atoms with van der Waals surface area (Å²) in [5.74, 6) is 0. The van der Waals surface area contributed by atoms with Crippen LogP contribution in [0.2, 0.25) is 0 Å². The highest BCUT2D eigenvalue weighted by atomic mass is 15.2. The van der Waals surface area contributed by atoms with E-state index in [1.165, 1.54) is 19.4 Å². The van der Waals surface area contributed by atoms with Gasteiger partial charge in [-0.2, -0.15) is 5.26 Å². The molecule has 0 bridgehead atoms. The first-order valence-corrected chi connectivity index (χ1v) is 6.13. The fraction of sp³-hybridized carbons (Fsp3) is 0.917. The molecule has 4 heteroatoms. The fourth-order valence-corrected chi connectivity index (χ4v) is 2.39. The average molecular weight is 224 g/mol. The number of nitriles is 1. The van der Waals surface area contributed by atoms with Crippen LogP contribution in [0.3, 0.4) is 0 Å². The van der Waals surface area contributed by atoms with E-state index in [2.05, 4.69) is 35.3 Å². The second-order valence-corrected chi connectivity index (χ2v) is 4.85. The molecule has 1 rings (SSSR count). The molecule has 0 radical (unpaired) electrons. The first-order valence-electron chi connectivity index (χ1n) is 6.13. The molecule has 0 aromatic carbocycles. The molecule has 92 valence electrons. The van der Waals surface area contributed by atoms with Gasteiger partial charge in [-0.05, 0) is 47.0 Å². The summed E-state index contributed by atoms with van der Waals surface area (Å²) >= 11 is 0. The van der Waals surface area contributed by atoms with Crippen molar-refractivity contribution >= 4 is 0 Å². The third-order valence-electron chi connectivity index (χ3n) is 3.28. The molecule has 1 N–H and O–H groups in total. The van der Waals surface area contributed by atoms with Gasteiger partial charge in [0.2, 0.25) is 0 Å². The molecular formula is C12H24N4. The maximum Gasteiger partial charge on any atom is 0.0962 e. The molecule has 2 unspecified atom stereocenters. The molecule has 2 atom stereocenters. The lowest BCUT2D eigenvalue weighted by Gasteiger charge is -2.27. The maximum absolute atomic E-state index is 8.87. The Hall–Kier alpha value is -0.630. The molecule has 0 amide bonds. The van der Waals surface area contributed by atoms with E-state index in [0.29, 0.717) is 6.04 Å². The predicted octanol–water partition coefficient (Wildman–Crippen LogP) is 0.514. The molecule has 16 heavy (non-hydrogen) atoms. The quantitative estimate of drug-likeness (QED) is 0.714. The van der Waals surface area contributed by atoms with Crippen LogP contribution >= 0.6 is 0 Å². The number of likely N-dealkylation sites (tertiary alicyclic amines) is 1. The SMILES string of the molecule is CNC(C#N)CCN1CCCC1CN(C)C. The Morgan fingerprint density at radius 1 is 1.56 bits per heavy atom. The largest absolute Gasteiger partial charge is 0.308 e. The average Bonchev–Trinajstić information content (AvgIpc) is 2.66. The van der Waals surface area contributed by atoms with Crippen LogP contribution in [0, 0.1) is 11.3 Å². The molecule has 0 saturated carbocycles. The number of rotatable bonds is 6. The van der Waals surface area contributed by atoms with Gasteiger partial charge >= 0.3 is 0 Å². The summed E-state index contributed by atoms with van der Waals surface area (Å²) in [5.41, 5.74) is 0. The van der Waals surface area contributed by atoms with Gasteiger partial charge in [-0.25, -0.2) is 0 Å². The van der Waals surface area contributed by atoms with Crippen molar-refractivity contribution in [3.63, 3.8) is 0 Å². The lowest BCUT2D eigenvalue weighted by molar-refractivity contribution is 0.203. The van der Waals surface area contributed by atoms with Gasteiger partial charge in [-0.15, -0.1) is 0 Å². The number of nitrogens with one attached hydrogen (secondary N) is 1. The van der Waals surface area contributed by atoms with E-state index in [1.54, 1.807) is 0 Å². The summed E-state index contributed by atoms with van der Waals surface area (Å²) in [6.45, 7) is 3.37. The highest BCUT2D eigenvalue weighted by Crippen LogP contribution is 2.18. The van der Waals surface area contributed by atoms with Crippen molar-refractivity contribution in [2.45, 2.75) is 31.3 Å². The number of nitrogens with zero attached hydrogens (tertiary/aromatic N) is 3. The summed E-state index contributed by atoms with van der Waals surface area (Å²) in [6, 6.07) is 2.97. The Bertz CT molecular complexity index is 234. The van der Waals surface area contributed by atoms with Crippen LogP contribution in [0.5, 0.6) is 0 Å². The van der Waals surface area contributed by atoms with E-state index in [4.69, 9.17) is 5.26 Å². The molecule has 0 aromatic heterocycles.